The normalized spacial score (nSPS) is 11.8. The molecule has 0 aliphatic carbocycles. The summed E-state index contributed by atoms with van der Waals surface area (Å²) in [5, 5.41) is 6.42. The largest absolute Gasteiger partial charge is 0.321 e. The summed E-state index contributed by atoms with van der Waals surface area (Å²) in [7, 11) is -2.36. The van der Waals surface area contributed by atoms with Crippen LogP contribution in [0.2, 0.25) is 0 Å². The molecule has 0 aliphatic rings. The fourth-order valence-corrected chi connectivity index (χ4v) is 2.78. The summed E-state index contributed by atoms with van der Waals surface area (Å²) >= 11 is 0. The van der Waals surface area contributed by atoms with Crippen LogP contribution >= 0.6 is 0 Å². The van der Waals surface area contributed by atoms with Gasteiger partial charge in [-0.25, -0.2) is 18.4 Å². The van der Waals surface area contributed by atoms with Gasteiger partial charge in [0.15, 0.2) is 10.9 Å². The van der Waals surface area contributed by atoms with Gasteiger partial charge in [0.25, 0.3) is 10.0 Å². The maximum Gasteiger partial charge on any atom is 0.262 e. The van der Waals surface area contributed by atoms with Crippen molar-refractivity contribution in [3.8, 4) is 0 Å². The van der Waals surface area contributed by atoms with Crippen molar-refractivity contribution in [2.75, 3.05) is 12.5 Å². The molecular weight excluding hydrogens is 282 g/mol. The highest BCUT2D eigenvalue weighted by molar-refractivity contribution is 7.89. The number of aromatic nitrogens is 4. The lowest BCUT2D eigenvalue weighted by Gasteiger charge is -2.16. The monoisotopic (exact) mass is 297 g/mol. The molecule has 2 aromatic heterocycles. The number of anilines is 1. The van der Waals surface area contributed by atoms with Crippen LogP contribution in [0.25, 0.3) is 0 Å². The van der Waals surface area contributed by atoms with Crippen LogP contribution in [0.3, 0.4) is 0 Å². The van der Waals surface area contributed by atoms with Gasteiger partial charge < -0.3 is 5.43 Å². The molecule has 20 heavy (non-hydrogen) atoms. The highest BCUT2D eigenvalue weighted by atomic mass is 32.2. The molecule has 2 rings (SSSR count). The van der Waals surface area contributed by atoms with E-state index < -0.39 is 10.0 Å². The van der Waals surface area contributed by atoms with Crippen LogP contribution in [0.1, 0.15) is 11.6 Å². The van der Waals surface area contributed by atoms with Crippen LogP contribution in [0.5, 0.6) is 0 Å². The summed E-state index contributed by atoms with van der Waals surface area (Å²) in [4.78, 5) is 7.94. The molecule has 0 bridgehead atoms. The topological polar surface area (TPSA) is 130 Å². The van der Waals surface area contributed by atoms with Gasteiger partial charge in [-0.1, -0.05) is 0 Å². The van der Waals surface area contributed by atoms with E-state index in [1.54, 1.807) is 13.0 Å². The van der Waals surface area contributed by atoms with E-state index in [2.05, 4.69) is 25.6 Å². The number of nitrogen functional groups attached to an aromatic ring is 1. The number of hydrogen-bond acceptors (Lipinski definition) is 7. The Morgan fingerprint density at radius 1 is 1.50 bits per heavy atom. The molecule has 4 N–H and O–H groups in total. The number of pyridine rings is 1. The lowest BCUT2D eigenvalue weighted by Crippen LogP contribution is -2.29. The Morgan fingerprint density at radius 2 is 2.25 bits per heavy atom. The van der Waals surface area contributed by atoms with Gasteiger partial charge in [-0.3, -0.25) is 10.9 Å². The van der Waals surface area contributed by atoms with Crippen LogP contribution in [0, 0.1) is 6.92 Å². The van der Waals surface area contributed by atoms with Gasteiger partial charge >= 0.3 is 0 Å². The maximum absolute atomic E-state index is 12.4. The molecule has 108 valence electrons. The van der Waals surface area contributed by atoms with Gasteiger partial charge in [0, 0.05) is 13.2 Å². The van der Waals surface area contributed by atoms with Crippen LogP contribution in [-0.2, 0) is 16.6 Å². The van der Waals surface area contributed by atoms with E-state index in [1.165, 1.54) is 19.3 Å². The van der Waals surface area contributed by atoms with Gasteiger partial charge in [0.05, 0.1) is 12.2 Å². The second kappa shape index (κ2) is 5.53. The van der Waals surface area contributed by atoms with Crippen molar-refractivity contribution < 1.29 is 8.42 Å². The Balaban J connectivity index is 2.29. The molecule has 2 heterocycles. The summed E-state index contributed by atoms with van der Waals surface area (Å²) in [5.41, 5.74) is 2.55. The first-order chi connectivity index (χ1) is 9.45. The maximum atomic E-state index is 12.4. The van der Waals surface area contributed by atoms with Gasteiger partial charge in [-0.2, -0.15) is 9.40 Å². The molecule has 0 saturated carbocycles. The predicted molar refractivity (Wildman–Crippen MR) is 71.8 cm³/mol. The Hall–Kier alpha value is -2.04. The zero-order valence-corrected chi connectivity index (χ0v) is 11.8. The summed E-state index contributed by atoms with van der Waals surface area (Å²) in [6.07, 6.45) is 1.39. The van der Waals surface area contributed by atoms with Gasteiger partial charge in [0.2, 0.25) is 0 Å². The smallest absolute Gasteiger partial charge is 0.262 e. The molecule has 0 spiro atoms. The molecule has 0 fully saturated rings. The quantitative estimate of drug-likeness (QED) is 0.506. The van der Waals surface area contributed by atoms with E-state index in [9.17, 15) is 8.42 Å². The summed E-state index contributed by atoms with van der Waals surface area (Å²) in [5.74, 6) is 6.30. The molecule has 0 amide bonds. The number of rotatable bonds is 5. The Morgan fingerprint density at radius 3 is 2.85 bits per heavy atom. The second-order valence-corrected chi connectivity index (χ2v) is 6.06. The minimum atomic E-state index is -3.78. The number of hydrazine groups is 1. The summed E-state index contributed by atoms with van der Waals surface area (Å²) in [6.45, 7) is 1.77. The Labute approximate surface area is 116 Å². The van der Waals surface area contributed by atoms with Crippen molar-refractivity contribution in [1.82, 2.24) is 24.5 Å². The molecule has 10 heteroatoms. The highest BCUT2D eigenvalue weighted by Crippen LogP contribution is 2.20. The van der Waals surface area contributed by atoms with Crippen LogP contribution in [-0.4, -0.2) is 39.9 Å². The van der Waals surface area contributed by atoms with Crippen molar-refractivity contribution in [2.45, 2.75) is 18.5 Å². The fraction of sp³-hybridized carbons (Fsp3) is 0.300. The summed E-state index contributed by atoms with van der Waals surface area (Å²) in [6, 6.07) is 3.12. The number of H-pyrrole nitrogens is 1. The summed E-state index contributed by atoms with van der Waals surface area (Å²) < 4.78 is 26.0. The molecular formula is C10H15N7O2S. The lowest BCUT2D eigenvalue weighted by molar-refractivity contribution is 0.455. The number of sulfonamides is 1. The average molecular weight is 297 g/mol. The van der Waals surface area contributed by atoms with Crippen LogP contribution in [0.4, 0.5) is 5.69 Å². The standard InChI is InChI=1S/C10H15N7O2S/c1-7-13-9(16-15-7)6-17(2)20(18,19)10-8(14-11)4-3-5-12-10/h3-5,14H,6,11H2,1-2H3,(H,13,15,16). The first-order valence-corrected chi connectivity index (χ1v) is 7.15. The molecule has 0 aromatic carbocycles. The van der Waals surface area contributed by atoms with Crippen LogP contribution < -0.4 is 11.3 Å². The van der Waals surface area contributed by atoms with E-state index in [-0.39, 0.29) is 17.3 Å². The zero-order valence-electron chi connectivity index (χ0n) is 11.0. The zero-order chi connectivity index (χ0) is 14.8. The number of aromatic amines is 1. The average Bonchev–Trinajstić information content (AvgIpc) is 2.84. The van der Waals surface area contributed by atoms with E-state index in [0.29, 0.717) is 11.6 Å². The van der Waals surface area contributed by atoms with E-state index in [1.807, 2.05) is 0 Å². The number of nitrogens with zero attached hydrogens (tertiary/aromatic N) is 4. The van der Waals surface area contributed by atoms with Gasteiger partial charge in [-0.15, -0.1) is 0 Å². The number of aryl methyl sites for hydroxylation is 1. The third-order valence-electron chi connectivity index (χ3n) is 2.59. The van der Waals surface area contributed by atoms with Crippen molar-refractivity contribution in [2.24, 2.45) is 5.84 Å². The Bertz CT molecular complexity index is 697. The lowest BCUT2D eigenvalue weighted by atomic mass is 10.4. The van der Waals surface area contributed by atoms with E-state index >= 15 is 0 Å². The minimum Gasteiger partial charge on any atom is -0.321 e. The van der Waals surface area contributed by atoms with E-state index in [4.69, 9.17) is 5.84 Å². The molecule has 9 nitrogen and oxygen atoms in total. The first kappa shape index (κ1) is 14.4. The third-order valence-corrected chi connectivity index (χ3v) is 4.35. The second-order valence-electron chi connectivity index (χ2n) is 4.10. The van der Waals surface area contributed by atoms with Crippen molar-refractivity contribution in [3.05, 3.63) is 30.0 Å². The first-order valence-electron chi connectivity index (χ1n) is 5.71. The molecule has 0 aliphatic heterocycles. The SMILES string of the molecule is Cc1nc(CN(C)S(=O)(=O)c2ncccc2NN)n[nH]1. The highest BCUT2D eigenvalue weighted by Gasteiger charge is 2.26. The van der Waals surface area contributed by atoms with Crippen molar-refractivity contribution in [3.63, 3.8) is 0 Å². The molecule has 0 unspecified atom stereocenters. The number of nitrogens with two attached hydrogens (primary N) is 1. The van der Waals surface area contributed by atoms with Gasteiger partial charge in [-0.05, 0) is 19.1 Å². The number of hydrogen-bond donors (Lipinski definition) is 3. The van der Waals surface area contributed by atoms with Gasteiger partial charge in [0.1, 0.15) is 5.82 Å². The third kappa shape index (κ3) is 2.76. The Kier molecular flexibility index (Phi) is 3.97. The molecule has 0 atom stereocenters. The minimum absolute atomic E-state index is 0.0350. The number of nitrogens with one attached hydrogen (secondary N) is 2. The predicted octanol–water partition coefficient (Wildman–Crippen LogP) is -0.386. The molecule has 2 aromatic rings. The van der Waals surface area contributed by atoms with E-state index in [0.717, 1.165) is 4.31 Å². The molecule has 0 radical (unpaired) electrons. The van der Waals surface area contributed by atoms with Crippen molar-refractivity contribution in [1.29, 1.82) is 0 Å². The molecule has 0 saturated heterocycles. The van der Waals surface area contributed by atoms with Crippen LogP contribution in [0.15, 0.2) is 23.4 Å². The fourth-order valence-electron chi connectivity index (χ4n) is 1.60. The van der Waals surface area contributed by atoms with Crippen molar-refractivity contribution >= 4 is 15.7 Å².